The number of amides is 1. The summed E-state index contributed by atoms with van der Waals surface area (Å²) in [5.74, 6) is -0.368. The Morgan fingerprint density at radius 1 is 1.04 bits per heavy atom. The van der Waals surface area contributed by atoms with Crippen molar-refractivity contribution in [2.45, 2.75) is 12.6 Å². The van der Waals surface area contributed by atoms with Crippen LogP contribution in [0, 0.1) is 0 Å². The lowest BCUT2D eigenvalue weighted by Gasteiger charge is -2.20. The minimum atomic E-state index is -0.633. The van der Waals surface area contributed by atoms with Crippen molar-refractivity contribution in [3.63, 3.8) is 0 Å². The van der Waals surface area contributed by atoms with Crippen molar-refractivity contribution >= 4 is 17.5 Å². The number of carbonyl (C=O) groups excluding carboxylic acids is 1. The van der Waals surface area contributed by atoms with E-state index in [4.69, 9.17) is 11.6 Å². The molecule has 1 amide bonds. The Kier molecular flexibility index (Phi) is 5.34. The van der Waals surface area contributed by atoms with Crippen molar-refractivity contribution in [3.05, 3.63) is 104 Å². The van der Waals surface area contributed by atoms with E-state index in [0.29, 0.717) is 5.02 Å². The number of hydrogen-bond donors (Lipinski definition) is 2. The Morgan fingerprint density at radius 3 is 2.46 bits per heavy atom. The Balaban J connectivity index is 1.87. The molecule has 2 aromatic carbocycles. The maximum Gasteiger partial charge on any atom is 0.328 e. The summed E-state index contributed by atoms with van der Waals surface area (Å²) in [6.07, 6.45) is 1.29. The summed E-state index contributed by atoms with van der Waals surface area (Å²) in [6.45, 7) is -0.209. The number of halogens is 1. The van der Waals surface area contributed by atoms with E-state index in [-0.39, 0.29) is 12.5 Å². The first kappa shape index (κ1) is 17.7. The Morgan fingerprint density at radius 2 is 1.77 bits per heavy atom. The zero-order valence-corrected chi connectivity index (χ0v) is 14.4. The highest BCUT2D eigenvalue weighted by Crippen LogP contribution is 2.24. The first-order valence-electron chi connectivity index (χ1n) is 7.92. The number of aromatic amines is 1. The van der Waals surface area contributed by atoms with Gasteiger partial charge in [0.05, 0.1) is 6.04 Å². The third-order valence-electron chi connectivity index (χ3n) is 3.83. The van der Waals surface area contributed by atoms with Gasteiger partial charge in [0.25, 0.3) is 5.56 Å². The van der Waals surface area contributed by atoms with E-state index in [2.05, 4.69) is 10.3 Å². The molecule has 0 aliphatic rings. The molecule has 0 saturated heterocycles. The van der Waals surface area contributed by atoms with Crippen LogP contribution in [-0.2, 0) is 11.3 Å². The Bertz CT molecular complexity index is 1030. The highest BCUT2D eigenvalue weighted by Gasteiger charge is 2.17. The standard InChI is InChI=1S/C19H16ClN3O3/c20-15-8-4-7-14(11-15)18(13-5-2-1-3-6-13)21-17(25)12-23-10-9-16(24)22-19(23)26/h1-11,18H,12H2,(H,21,25)(H,22,24,26)/t18-/m1/s1. The zero-order valence-electron chi connectivity index (χ0n) is 13.7. The van der Waals surface area contributed by atoms with Crippen LogP contribution < -0.4 is 16.6 Å². The van der Waals surface area contributed by atoms with Crippen LogP contribution in [0.15, 0.2) is 76.4 Å². The number of hydrogen-bond acceptors (Lipinski definition) is 3. The lowest BCUT2D eigenvalue weighted by Crippen LogP contribution is -2.37. The molecule has 0 radical (unpaired) electrons. The molecule has 6 nitrogen and oxygen atoms in total. The molecule has 1 atom stereocenters. The van der Waals surface area contributed by atoms with Crippen LogP contribution in [0.25, 0.3) is 0 Å². The zero-order chi connectivity index (χ0) is 18.5. The number of rotatable bonds is 5. The molecular weight excluding hydrogens is 354 g/mol. The normalized spacial score (nSPS) is 11.7. The number of aromatic nitrogens is 2. The van der Waals surface area contributed by atoms with Crippen molar-refractivity contribution in [1.82, 2.24) is 14.9 Å². The van der Waals surface area contributed by atoms with Crippen LogP contribution in [0.1, 0.15) is 17.2 Å². The summed E-state index contributed by atoms with van der Waals surface area (Å²) in [5, 5.41) is 3.48. The Hall–Kier alpha value is -3.12. The summed E-state index contributed by atoms with van der Waals surface area (Å²) in [4.78, 5) is 37.5. The second kappa shape index (κ2) is 7.84. The molecule has 0 saturated carbocycles. The van der Waals surface area contributed by atoms with Crippen molar-refractivity contribution in [2.75, 3.05) is 0 Å². The van der Waals surface area contributed by atoms with Crippen LogP contribution in [0.4, 0.5) is 0 Å². The highest BCUT2D eigenvalue weighted by atomic mass is 35.5. The van der Waals surface area contributed by atoms with Gasteiger partial charge in [0.2, 0.25) is 5.91 Å². The predicted molar refractivity (Wildman–Crippen MR) is 99.2 cm³/mol. The van der Waals surface area contributed by atoms with Gasteiger partial charge in [-0.05, 0) is 23.3 Å². The van der Waals surface area contributed by atoms with Crippen molar-refractivity contribution < 1.29 is 4.79 Å². The molecule has 0 fully saturated rings. The first-order valence-corrected chi connectivity index (χ1v) is 8.30. The van der Waals surface area contributed by atoms with Crippen LogP contribution >= 0.6 is 11.6 Å². The molecule has 7 heteroatoms. The summed E-state index contributed by atoms with van der Waals surface area (Å²) in [6, 6.07) is 17.5. The minimum absolute atomic E-state index is 0.209. The number of nitrogens with zero attached hydrogens (tertiary/aromatic N) is 1. The molecule has 2 N–H and O–H groups in total. The van der Waals surface area contributed by atoms with Gasteiger partial charge in [0, 0.05) is 17.3 Å². The van der Waals surface area contributed by atoms with E-state index in [0.717, 1.165) is 15.7 Å². The van der Waals surface area contributed by atoms with E-state index >= 15 is 0 Å². The number of nitrogens with one attached hydrogen (secondary N) is 2. The van der Waals surface area contributed by atoms with Crippen molar-refractivity contribution in [1.29, 1.82) is 0 Å². The van der Waals surface area contributed by atoms with Gasteiger partial charge in [-0.2, -0.15) is 0 Å². The van der Waals surface area contributed by atoms with E-state index in [1.54, 1.807) is 12.1 Å². The summed E-state index contributed by atoms with van der Waals surface area (Å²) >= 11 is 6.09. The van der Waals surface area contributed by atoms with Gasteiger partial charge in [0.15, 0.2) is 0 Å². The van der Waals surface area contributed by atoms with E-state index in [1.807, 2.05) is 42.5 Å². The average Bonchev–Trinajstić information content (AvgIpc) is 2.63. The third kappa shape index (κ3) is 4.29. The fourth-order valence-electron chi connectivity index (χ4n) is 2.62. The molecule has 1 aromatic heterocycles. The molecule has 1 heterocycles. The number of carbonyl (C=O) groups is 1. The van der Waals surface area contributed by atoms with Gasteiger partial charge in [-0.25, -0.2) is 4.79 Å². The molecule has 0 unspecified atom stereocenters. The second-order valence-electron chi connectivity index (χ2n) is 5.70. The molecule has 0 spiro atoms. The third-order valence-corrected chi connectivity index (χ3v) is 4.07. The molecular formula is C19H16ClN3O3. The first-order chi connectivity index (χ1) is 12.5. The number of H-pyrrole nitrogens is 1. The largest absolute Gasteiger partial charge is 0.344 e. The summed E-state index contributed by atoms with van der Waals surface area (Å²) in [5.41, 5.74) is 0.571. The van der Waals surface area contributed by atoms with Gasteiger partial charge in [-0.1, -0.05) is 54.1 Å². The molecule has 3 rings (SSSR count). The molecule has 0 aliphatic heterocycles. The van der Waals surface area contributed by atoms with Gasteiger partial charge in [-0.3, -0.25) is 19.1 Å². The lowest BCUT2D eigenvalue weighted by atomic mass is 9.98. The van der Waals surface area contributed by atoms with E-state index < -0.39 is 17.3 Å². The smallest absolute Gasteiger partial charge is 0.328 e. The fraction of sp³-hybridized carbons (Fsp3) is 0.105. The monoisotopic (exact) mass is 369 g/mol. The second-order valence-corrected chi connectivity index (χ2v) is 6.14. The van der Waals surface area contributed by atoms with E-state index in [9.17, 15) is 14.4 Å². The average molecular weight is 370 g/mol. The molecule has 0 aliphatic carbocycles. The highest BCUT2D eigenvalue weighted by molar-refractivity contribution is 6.30. The molecule has 0 bridgehead atoms. The maximum atomic E-state index is 12.5. The van der Waals surface area contributed by atoms with Crippen LogP contribution in [0.3, 0.4) is 0 Å². The minimum Gasteiger partial charge on any atom is -0.344 e. The van der Waals surface area contributed by atoms with Crippen molar-refractivity contribution in [3.8, 4) is 0 Å². The van der Waals surface area contributed by atoms with Gasteiger partial charge < -0.3 is 5.32 Å². The molecule has 132 valence electrons. The topological polar surface area (TPSA) is 84.0 Å². The summed E-state index contributed by atoms with van der Waals surface area (Å²) < 4.78 is 1.14. The molecule has 3 aromatic rings. The van der Waals surface area contributed by atoms with Gasteiger partial charge in [0.1, 0.15) is 6.54 Å². The fourth-order valence-corrected chi connectivity index (χ4v) is 2.82. The summed E-state index contributed by atoms with van der Waals surface area (Å²) in [7, 11) is 0. The van der Waals surface area contributed by atoms with Gasteiger partial charge >= 0.3 is 5.69 Å². The number of benzene rings is 2. The predicted octanol–water partition coefficient (Wildman–Crippen LogP) is 2.10. The quantitative estimate of drug-likeness (QED) is 0.722. The van der Waals surface area contributed by atoms with Gasteiger partial charge in [-0.15, -0.1) is 0 Å². The SMILES string of the molecule is O=C(Cn1ccc(=O)[nH]c1=O)N[C@H](c1ccccc1)c1cccc(Cl)c1. The van der Waals surface area contributed by atoms with Crippen LogP contribution in [-0.4, -0.2) is 15.5 Å². The maximum absolute atomic E-state index is 12.5. The lowest BCUT2D eigenvalue weighted by molar-refractivity contribution is -0.122. The van der Waals surface area contributed by atoms with Crippen molar-refractivity contribution in [2.24, 2.45) is 0 Å². The van der Waals surface area contributed by atoms with Crippen LogP contribution in [0.5, 0.6) is 0 Å². The Labute approximate surface area is 154 Å². The molecule has 26 heavy (non-hydrogen) atoms. The van der Waals surface area contributed by atoms with Crippen LogP contribution in [0.2, 0.25) is 5.02 Å². The van der Waals surface area contributed by atoms with E-state index in [1.165, 1.54) is 12.3 Å².